The average Bonchev–Trinajstić information content (AvgIpc) is 3.09. The highest BCUT2D eigenvalue weighted by molar-refractivity contribution is 6.00. The van der Waals surface area contributed by atoms with E-state index in [9.17, 15) is 18.0 Å². The fraction of sp³-hybridized carbons (Fsp3) is 0.158. The van der Waals surface area contributed by atoms with Gasteiger partial charge >= 0.3 is 12.1 Å². The van der Waals surface area contributed by atoms with Crippen LogP contribution < -0.4 is 5.32 Å². The number of pyridine rings is 1. The van der Waals surface area contributed by atoms with Crippen molar-refractivity contribution in [3.8, 4) is 11.3 Å². The molecule has 2 aromatic heterocycles. The van der Waals surface area contributed by atoms with Crippen LogP contribution in [0.3, 0.4) is 0 Å². The molecular formula is C19H16F3N3O4. The molecule has 29 heavy (non-hydrogen) atoms. The van der Waals surface area contributed by atoms with Crippen LogP contribution in [-0.2, 0) is 11.3 Å². The van der Waals surface area contributed by atoms with Crippen molar-refractivity contribution in [2.24, 2.45) is 0 Å². The van der Waals surface area contributed by atoms with Crippen molar-refractivity contribution >= 4 is 11.9 Å². The second kappa shape index (κ2) is 9.49. The second-order valence-corrected chi connectivity index (χ2v) is 5.68. The molecule has 0 atom stereocenters. The van der Waals surface area contributed by atoms with Gasteiger partial charge in [0.15, 0.2) is 5.76 Å². The van der Waals surface area contributed by atoms with E-state index in [1.165, 1.54) is 0 Å². The number of carbonyl (C=O) groups excluding carboxylic acids is 1. The van der Waals surface area contributed by atoms with Gasteiger partial charge in [0.25, 0.3) is 5.91 Å². The molecule has 10 heteroatoms. The Morgan fingerprint density at radius 2 is 1.79 bits per heavy atom. The standard InChI is InChI=1S/C17H15N3O2.C2HF3O2/c1-12-15(16(22-20-12)14-7-3-2-4-8-14)17(21)19-11-13-6-5-9-18-10-13;3-2(4,5)1(6)7/h2-10H,11H2,1H3,(H,19,21);(H,6,7). The lowest BCUT2D eigenvalue weighted by Gasteiger charge is -2.05. The third-order valence-corrected chi connectivity index (χ3v) is 3.54. The van der Waals surface area contributed by atoms with Gasteiger partial charge in [0.2, 0.25) is 0 Å². The zero-order valence-electron chi connectivity index (χ0n) is 15.1. The van der Waals surface area contributed by atoms with Gasteiger partial charge in [-0.2, -0.15) is 13.2 Å². The number of aliphatic carboxylic acids is 1. The Morgan fingerprint density at radius 3 is 2.34 bits per heavy atom. The third kappa shape index (κ3) is 6.16. The van der Waals surface area contributed by atoms with Gasteiger partial charge in [0, 0.05) is 24.5 Å². The molecule has 3 aromatic rings. The van der Waals surface area contributed by atoms with Gasteiger partial charge in [-0.3, -0.25) is 9.78 Å². The molecule has 0 fully saturated rings. The van der Waals surface area contributed by atoms with Crippen molar-refractivity contribution in [3.05, 3.63) is 71.7 Å². The van der Waals surface area contributed by atoms with Crippen LogP contribution in [0.5, 0.6) is 0 Å². The first-order valence-electron chi connectivity index (χ1n) is 8.19. The highest BCUT2D eigenvalue weighted by Crippen LogP contribution is 2.25. The Kier molecular flexibility index (Phi) is 7.07. The number of alkyl halides is 3. The summed E-state index contributed by atoms with van der Waals surface area (Å²) in [7, 11) is 0. The smallest absolute Gasteiger partial charge is 0.475 e. The summed E-state index contributed by atoms with van der Waals surface area (Å²) in [5, 5.41) is 13.9. The number of carboxylic acid groups (broad SMARTS) is 1. The minimum atomic E-state index is -5.08. The van der Waals surface area contributed by atoms with Crippen molar-refractivity contribution in [3.63, 3.8) is 0 Å². The number of amides is 1. The maximum Gasteiger partial charge on any atom is 0.490 e. The highest BCUT2D eigenvalue weighted by Gasteiger charge is 2.38. The van der Waals surface area contributed by atoms with Crippen LogP contribution in [-0.4, -0.2) is 33.3 Å². The highest BCUT2D eigenvalue weighted by atomic mass is 19.4. The van der Waals surface area contributed by atoms with Gasteiger partial charge in [-0.15, -0.1) is 0 Å². The van der Waals surface area contributed by atoms with Crippen LogP contribution in [0.25, 0.3) is 11.3 Å². The first-order chi connectivity index (χ1) is 13.7. The predicted octanol–water partition coefficient (Wildman–Crippen LogP) is 3.61. The molecule has 152 valence electrons. The first kappa shape index (κ1) is 21.6. The molecule has 0 aliphatic carbocycles. The van der Waals surface area contributed by atoms with E-state index >= 15 is 0 Å². The van der Waals surface area contributed by atoms with Gasteiger partial charge in [0.1, 0.15) is 5.56 Å². The normalized spacial score (nSPS) is 10.6. The molecule has 0 bridgehead atoms. The van der Waals surface area contributed by atoms with Crippen LogP contribution in [0.15, 0.2) is 59.4 Å². The minimum Gasteiger partial charge on any atom is -0.475 e. The van der Waals surface area contributed by atoms with Crippen LogP contribution in [0.4, 0.5) is 13.2 Å². The number of carboxylic acids is 1. The molecule has 0 radical (unpaired) electrons. The predicted molar refractivity (Wildman–Crippen MR) is 95.8 cm³/mol. The first-order valence-corrected chi connectivity index (χ1v) is 8.19. The van der Waals surface area contributed by atoms with Crippen molar-refractivity contribution < 1.29 is 32.4 Å². The Hall–Kier alpha value is -3.69. The molecule has 0 aliphatic heterocycles. The van der Waals surface area contributed by atoms with Crippen molar-refractivity contribution in [2.75, 3.05) is 0 Å². The van der Waals surface area contributed by atoms with Crippen LogP contribution in [0.2, 0.25) is 0 Å². The maximum atomic E-state index is 12.5. The second-order valence-electron chi connectivity index (χ2n) is 5.68. The van der Waals surface area contributed by atoms with Gasteiger partial charge < -0.3 is 14.9 Å². The minimum absolute atomic E-state index is 0.207. The molecule has 1 amide bonds. The summed E-state index contributed by atoms with van der Waals surface area (Å²) >= 11 is 0. The number of hydrogen-bond acceptors (Lipinski definition) is 5. The van der Waals surface area contributed by atoms with E-state index in [1.807, 2.05) is 42.5 Å². The molecule has 7 nitrogen and oxygen atoms in total. The van der Waals surface area contributed by atoms with E-state index in [4.69, 9.17) is 14.4 Å². The van der Waals surface area contributed by atoms with Gasteiger partial charge in [-0.05, 0) is 18.6 Å². The lowest BCUT2D eigenvalue weighted by Crippen LogP contribution is -2.23. The number of hydrogen-bond donors (Lipinski definition) is 2. The van der Waals surface area contributed by atoms with E-state index in [0.717, 1.165) is 11.1 Å². The van der Waals surface area contributed by atoms with Crippen LogP contribution >= 0.6 is 0 Å². The van der Waals surface area contributed by atoms with Gasteiger partial charge in [-0.25, -0.2) is 4.79 Å². The number of halogens is 3. The topological polar surface area (TPSA) is 105 Å². The molecule has 0 aliphatic rings. The van der Waals surface area contributed by atoms with E-state index in [-0.39, 0.29) is 5.91 Å². The molecule has 0 spiro atoms. The lowest BCUT2D eigenvalue weighted by molar-refractivity contribution is -0.192. The summed E-state index contributed by atoms with van der Waals surface area (Å²) in [6.45, 7) is 2.17. The Morgan fingerprint density at radius 1 is 1.14 bits per heavy atom. The molecular weight excluding hydrogens is 391 g/mol. The molecule has 1 aromatic carbocycles. The molecule has 2 N–H and O–H groups in total. The summed E-state index contributed by atoms with van der Waals surface area (Å²) < 4.78 is 37.1. The van der Waals surface area contributed by atoms with Gasteiger partial charge in [0.05, 0.1) is 5.69 Å². The molecule has 2 heterocycles. The van der Waals surface area contributed by atoms with Crippen molar-refractivity contribution in [1.82, 2.24) is 15.5 Å². The van der Waals surface area contributed by atoms with Gasteiger partial charge in [-0.1, -0.05) is 41.6 Å². The average molecular weight is 407 g/mol. The Bertz CT molecular complexity index is 958. The zero-order valence-corrected chi connectivity index (χ0v) is 15.1. The quantitative estimate of drug-likeness (QED) is 0.685. The number of benzene rings is 1. The number of rotatable bonds is 4. The van der Waals surface area contributed by atoms with Crippen molar-refractivity contribution in [2.45, 2.75) is 19.6 Å². The van der Waals surface area contributed by atoms with Crippen LogP contribution in [0, 0.1) is 6.92 Å². The summed E-state index contributed by atoms with van der Waals surface area (Å²) in [4.78, 5) is 25.4. The molecule has 0 unspecified atom stereocenters. The van der Waals surface area contributed by atoms with Crippen LogP contribution in [0.1, 0.15) is 21.6 Å². The molecule has 3 rings (SSSR count). The lowest BCUT2D eigenvalue weighted by atomic mass is 10.1. The monoisotopic (exact) mass is 407 g/mol. The van der Waals surface area contributed by atoms with E-state index in [0.29, 0.717) is 23.6 Å². The SMILES string of the molecule is Cc1noc(-c2ccccc2)c1C(=O)NCc1cccnc1.O=C(O)C(F)(F)F. The number of aromatic nitrogens is 2. The summed E-state index contributed by atoms with van der Waals surface area (Å²) in [5.74, 6) is -2.48. The molecule has 0 saturated carbocycles. The largest absolute Gasteiger partial charge is 0.490 e. The maximum absolute atomic E-state index is 12.5. The Balaban J connectivity index is 0.000000370. The van der Waals surface area contributed by atoms with Crippen molar-refractivity contribution in [1.29, 1.82) is 0 Å². The molecule has 0 saturated heterocycles. The fourth-order valence-electron chi connectivity index (χ4n) is 2.20. The number of aryl methyl sites for hydroxylation is 1. The number of nitrogens with zero attached hydrogens (tertiary/aromatic N) is 2. The number of carbonyl (C=O) groups is 2. The van der Waals surface area contributed by atoms with E-state index < -0.39 is 12.1 Å². The number of nitrogens with one attached hydrogen (secondary N) is 1. The third-order valence-electron chi connectivity index (χ3n) is 3.54. The van der Waals surface area contributed by atoms with E-state index in [1.54, 1.807) is 19.3 Å². The summed E-state index contributed by atoms with van der Waals surface area (Å²) in [5.41, 5.74) is 2.80. The summed E-state index contributed by atoms with van der Waals surface area (Å²) in [6, 6.07) is 13.2. The fourth-order valence-corrected chi connectivity index (χ4v) is 2.20. The zero-order chi connectivity index (χ0) is 21.4. The Labute approximate surface area is 163 Å². The summed E-state index contributed by atoms with van der Waals surface area (Å²) in [6.07, 6.45) is -1.66. The van der Waals surface area contributed by atoms with E-state index in [2.05, 4.69) is 15.5 Å².